The van der Waals surface area contributed by atoms with Gasteiger partial charge in [-0.1, -0.05) is 12.5 Å². The molecule has 0 aliphatic carbocycles. The molecule has 1 saturated heterocycles. The van der Waals surface area contributed by atoms with Crippen LogP contribution in [0.3, 0.4) is 0 Å². The Hall–Kier alpha value is -3.25. The van der Waals surface area contributed by atoms with Gasteiger partial charge in [0.1, 0.15) is 0 Å². The van der Waals surface area contributed by atoms with Crippen molar-refractivity contribution in [1.29, 1.82) is 0 Å². The zero-order valence-corrected chi connectivity index (χ0v) is 16.2. The monoisotopic (exact) mass is 385 g/mol. The first-order valence-corrected chi connectivity index (χ1v) is 10.1. The molecule has 1 aromatic carbocycles. The second-order valence-corrected chi connectivity index (χ2v) is 7.67. The van der Waals surface area contributed by atoms with Crippen molar-refractivity contribution in [2.75, 3.05) is 13.1 Å². The van der Waals surface area contributed by atoms with E-state index >= 15 is 0 Å². The molecule has 4 aromatic rings. The molecule has 0 atom stereocenters. The second-order valence-electron chi connectivity index (χ2n) is 7.67. The Balaban J connectivity index is 1.48. The Labute approximate surface area is 168 Å². The number of nitrogens with one attached hydrogen (secondary N) is 2. The summed E-state index contributed by atoms with van der Waals surface area (Å²) >= 11 is 0. The van der Waals surface area contributed by atoms with Crippen molar-refractivity contribution in [3.05, 3.63) is 70.8 Å². The Morgan fingerprint density at radius 3 is 2.62 bits per heavy atom. The molecule has 1 aliphatic rings. The van der Waals surface area contributed by atoms with Crippen LogP contribution in [-0.2, 0) is 6.54 Å². The number of piperidine rings is 1. The van der Waals surface area contributed by atoms with Gasteiger partial charge in [0, 0.05) is 35.4 Å². The van der Waals surface area contributed by atoms with E-state index in [4.69, 9.17) is 0 Å². The molecule has 0 unspecified atom stereocenters. The maximum absolute atomic E-state index is 12.5. The number of aromatic nitrogens is 4. The van der Waals surface area contributed by atoms with E-state index in [0.29, 0.717) is 11.3 Å². The first-order valence-electron chi connectivity index (χ1n) is 10.1. The number of rotatable bonds is 4. The summed E-state index contributed by atoms with van der Waals surface area (Å²) in [4.78, 5) is 22.4. The van der Waals surface area contributed by atoms with E-state index in [-0.39, 0.29) is 5.56 Å². The van der Waals surface area contributed by atoms with E-state index in [2.05, 4.69) is 49.3 Å². The summed E-state index contributed by atoms with van der Waals surface area (Å²) in [7, 11) is 0. The van der Waals surface area contributed by atoms with Gasteiger partial charge in [-0.05, 0) is 67.9 Å². The van der Waals surface area contributed by atoms with Crippen molar-refractivity contribution in [3.8, 4) is 22.5 Å². The van der Waals surface area contributed by atoms with Crippen molar-refractivity contribution in [3.63, 3.8) is 0 Å². The Morgan fingerprint density at radius 2 is 1.79 bits per heavy atom. The fraction of sp³-hybridized carbons (Fsp3) is 0.261. The summed E-state index contributed by atoms with van der Waals surface area (Å²) in [5.41, 5.74) is 5.15. The minimum atomic E-state index is -0.206. The van der Waals surface area contributed by atoms with Gasteiger partial charge >= 0.3 is 0 Å². The minimum absolute atomic E-state index is 0.206. The molecule has 1 aliphatic heterocycles. The van der Waals surface area contributed by atoms with Gasteiger partial charge in [-0.15, -0.1) is 0 Å². The smallest absolute Gasteiger partial charge is 0.273 e. The summed E-state index contributed by atoms with van der Waals surface area (Å²) in [5.74, 6) is 0. The summed E-state index contributed by atoms with van der Waals surface area (Å²) in [6.45, 7) is 3.35. The van der Waals surface area contributed by atoms with Crippen LogP contribution in [0.5, 0.6) is 0 Å². The average molecular weight is 385 g/mol. The Kier molecular flexibility index (Phi) is 4.69. The molecule has 0 saturated carbocycles. The fourth-order valence-electron chi connectivity index (χ4n) is 4.08. The molecule has 0 spiro atoms. The van der Waals surface area contributed by atoms with E-state index in [1.807, 2.05) is 18.2 Å². The first-order chi connectivity index (χ1) is 14.3. The molecule has 5 rings (SSSR count). The number of H-pyrrole nitrogens is 2. The van der Waals surface area contributed by atoms with Crippen molar-refractivity contribution in [2.45, 2.75) is 25.8 Å². The molecule has 0 amide bonds. The van der Waals surface area contributed by atoms with Crippen LogP contribution in [0, 0.1) is 0 Å². The third-order valence-corrected chi connectivity index (χ3v) is 5.61. The first kappa shape index (κ1) is 17.8. The van der Waals surface area contributed by atoms with Crippen LogP contribution < -0.4 is 5.56 Å². The standard InChI is InChI=1S/C23H23N5O/c29-23-19(14-21(26-27-23)17-6-8-24-9-7-17)22-13-18-12-16(4-5-20(18)25-22)15-28-10-2-1-3-11-28/h4-9,12-14,25H,1-3,10-11,15H2,(H,27,29). The highest BCUT2D eigenvalue weighted by Gasteiger charge is 2.13. The molecular formula is C23H23N5O. The van der Waals surface area contributed by atoms with Gasteiger partial charge in [-0.3, -0.25) is 14.7 Å². The third-order valence-electron chi connectivity index (χ3n) is 5.61. The molecule has 29 heavy (non-hydrogen) atoms. The highest BCUT2D eigenvalue weighted by Crippen LogP contribution is 2.26. The third kappa shape index (κ3) is 3.71. The van der Waals surface area contributed by atoms with E-state index in [1.54, 1.807) is 12.4 Å². The second kappa shape index (κ2) is 7.64. The van der Waals surface area contributed by atoms with Crippen LogP contribution in [0.2, 0.25) is 0 Å². The van der Waals surface area contributed by atoms with Gasteiger partial charge < -0.3 is 4.98 Å². The van der Waals surface area contributed by atoms with E-state index in [0.717, 1.165) is 28.7 Å². The number of aromatic amines is 2. The molecule has 2 N–H and O–H groups in total. The SMILES string of the molecule is O=c1[nH]nc(-c2ccncc2)cc1-c1cc2cc(CN3CCCCC3)ccc2[nH]1. The van der Waals surface area contributed by atoms with Crippen molar-refractivity contribution in [2.24, 2.45) is 0 Å². The molecule has 4 heterocycles. The van der Waals surface area contributed by atoms with Crippen LogP contribution in [0.4, 0.5) is 0 Å². The van der Waals surface area contributed by atoms with Crippen molar-refractivity contribution >= 4 is 10.9 Å². The summed E-state index contributed by atoms with van der Waals surface area (Å²) in [6.07, 6.45) is 7.37. The van der Waals surface area contributed by atoms with Crippen LogP contribution in [0.1, 0.15) is 24.8 Å². The summed E-state index contributed by atoms with van der Waals surface area (Å²) < 4.78 is 0. The maximum Gasteiger partial charge on any atom is 0.273 e. The lowest BCUT2D eigenvalue weighted by Crippen LogP contribution is -2.28. The van der Waals surface area contributed by atoms with E-state index in [9.17, 15) is 4.79 Å². The lowest BCUT2D eigenvalue weighted by atomic mass is 10.1. The Morgan fingerprint density at radius 1 is 0.966 bits per heavy atom. The average Bonchev–Trinajstić information content (AvgIpc) is 3.18. The van der Waals surface area contributed by atoms with Crippen LogP contribution in [0.15, 0.2) is 59.7 Å². The van der Waals surface area contributed by atoms with Crippen LogP contribution in [0.25, 0.3) is 33.4 Å². The lowest BCUT2D eigenvalue weighted by Gasteiger charge is -2.26. The number of fused-ring (bicyclic) bond motifs is 1. The van der Waals surface area contributed by atoms with Gasteiger partial charge in [0.15, 0.2) is 0 Å². The molecule has 0 radical (unpaired) electrons. The molecule has 3 aromatic heterocycles. The van der Waals surface area contributed by atoms with Crippen LogP contribution >= 0.6 is 0 Å². The molecular weight excluding hydrogens is 362 g/mol. The fourth-order valence-corrected chi connectivity index (χ4v) is 4.08. The quantitative estimate of drug-likeness (QED) is 0.557. The number of benzene rings is 1. The van der Waals surface area contributed by atoms with Gasteiger partial charge in [-0.2, -0.15) is 5.10 Å². The maximum atomic E-state index is 12.5. The molecule has 6 nitrogen and oxygen atoms in total. The number of hydrogen-bond donors (Lipinski definition) is 2. The number of likely N-dealkylation sites (tertiary alicyclic amines) is 1. The van der Waals surface area contributed by atoms with Crippen LogP contribution in [-0.4, -0.2) is 38.2 Å². The van der Waals surface area contributed by atoms with Crippen molar-refractivity contribution < 1.29 is 0 Å². The van der Waals surface area contributed by atoms with Gasteiger partial charge in [0.05, 0.1) is 17.0 Å². The molecule has 1 fully saturated rings. The largest absolute Gasteiger partial charge is 0.354 e. The van der Waals surface area contributed by atoms with Gasteiger partial charge in [0.2, 0.25) is 0 Å². The lowest BCUT2D eigenvalue weighted by molar-refractivity contribution is 0.221. The highest BCUT2D eigenvalue weighted by molar-refractivity contribution is 5.86. The predicted molar refractivity (Wildman–Crippen MR) is 115 cm³/mol. The molecule has 6 heteroatoms. The summed E-state index contributed by atoms with van der Waals surface area (Å²) in [5, 5.41) is 7.93. The number of pyridine rings is 1. The zero-order valence-electron chi connectivity index (χ0n) is 16.2. The minimum Gasteiger partial charge on any atom is -0.354 e. The molecule has 0 bridgehead atoms. The summed E-state index contributed by atoms with van der Waals surface area (Å²) in [6, 6.07) is 14.1. The van der Waals surface area contributed by atoms with Gasteiger partial charge in [0.25, 0.3) is 5.56 Å². The van der Waals surface area contributed by atoms with E-state index in [1.165, 1.54) is 37.9 Å². The van der Waals surface area contributed by atoms with Gasteiger partial charge in [-0.25, -0.2) is 5.10 Å². The van der Waals surface area contributed by atoms with Crippen molar-refractivity contribution in [1.82, 2.24) is 25.1 Å². The number of hydrogen-bond acceptors (Lipinski definition) is 4. The van der Waals surface area contributed by atoms with E-state index < -0.39 is 0 Å². The zero-order chi connectivity index (χ0) is 19.6. The number of nitrogens with zero attached hydrogens (tertiary/aromatic N) is 3. The topological polar surface area (TPSA) is 77.7 Å². The Bertz CT molecular complexity index is 1190. The normalized spacial score (nSPS) is 15.0. The predicted octanol–water partition coefficient (Wildman–Crippen LogP) is 3.97. The molecule has 146 valence electrons. The highest BCUT2D eigenvalue weighted by atomic mass is 16.1.